The van der Waals surface area contributed by atoms with Crippen molar-refractivity contribution in [3.05, 3.63) is 60.2 Å². The molecule has 0 aliphatic carbocycles. The average Bonchev–Trinajstić information content (AvgIpc) is 2.75. The minimum absolute atomic E-state index is 0.0616. The van der Waals surface area contributed by atoms with Gasteiger partial charge in [0.25, 0.3) is 5.91 Å². The maximum Gasteiger partial charge on any atom is 0.475 e. The van der Waals surface area contributed by atoms with Gasteiger partial charge in [0.1, 0.15) is 11.5 Å². The summed E-state index contributed by atoms with van der Waals surface area (Å²) in [4.78, 5) is 30.1. The van der Waals surface area contributed by atoms with Gasteiger partial charge in [0.15, 0.2) is 5.96 Å². The number of aliphatic imine (C=N–C) groups is 1. The maximum atomic E-state index is 12.7. The molecule has 7 N–H and O–H groups in total. The van der Waals surface area contributed by atoms with Crippen LogP contribution in [0.3, 0.4) is 0 Å². The van der Waals surface area contributed by atoms with Gasteiger partial charge in [0.05, 0.1) is 12.5 Å². The number of ether oxygens (including phenoxy) is 1. The van der Waals surface area contributed by atoms with E-state index in [4.69, 9.17) is 16.2 Å². The predicted molar refractivity (Wildman–Crippen MR) is 122 cm³/mol. The van der Waals surface area contributed by atoms with E-state index in [0.717, 1.165) is 0 Å². The Morgan fingerprint density at radius 3 is 2.47 bits per heavy atom. The molecule has 0 heterocycles. The highest BCUT2D eigenvalue weighted by Crippen LogP contribution is 2.22. The summed E-state index contributed by atoms with van der Waals surface area (Å²) in [6.07, 6.45) is 0.681. The summed E-state index contributed by atoms with van der Waals surface area (Å²) in [5, 5.41) is 21.5. The van der Waals surface area contributed by atoms with Gasteiger partial charge in [-0.1, -0.05) is 24.3 Å². The van der Waals surface area contributed by atoms with Crippen molar-refractivity contribution in [1.82, 2.24) is 10.2 Å². The van der Waals surface area contributed by atoms with Crippen molar-refractivity contribution in [1.29, 1.82) is 0 Å². The maximum absolute atomic E-state index is 12.7. The number of para-hydroxylation sites is 1. The van der Waals surface area contributed by atoms with Gasteiger partial charge in [0.2, 0.25) is 5.91 Å². The van der Waals surface area contributed by atoms with Crippen molar-refractivity contribution < 1.29 is 24.4 Å². The van der Waals surface area contributed by atoms with Crippen molar-refractivity contribution >= 4 is 24.9 Å². The van der Waals surface area contributed by atoms with Gasteiger partial charge in [-0.3, -0.25) is 14.6 Å². The SMILES string of the molecule is CN(CC(=O)NC(CCCN=C(N)N)B(O)O)C(=O)c1cccc(Oc2ccccc2)c1. The standard InChI is InChI=1S/C21H28BN5O5/c1-27(14-19(28)26-18(22(30)31)11-6-12-25-21(23)24)20(29)15-7-5-10-17(13-15)32-16-8-3-2-4-9-16/h2-5,7-10,13,18,30-31H,6,11-12,14H2,1H3,(H,26,28)(H4,23,24,25). The van der Waals surface area contributed by atoms with E-state index >= 15 is 0 Å². The molecule has 10 nitrogen and oxygen atoms in total. The fourth-order valence-electron chi connectivity index (χ4n) is 2.89. The summed E-state index contributed by atoms with van der Waals surface area (Å²) in [5.41, 5.74) is 10.8. The summed E-state index contributed by atoms with van der Waals surface area (Å²) >= 11 is 0. The third-order valence-corrected chi connectivity index (χ3v) is 4.46. The van der Waals surface area contributed by atoms with Gasteiger partial charge in [-0.05, 0) is 43.2 Å². The molecule has 0 bridgehead atoms. The van der Waals surface area contributed by atoms with E-state index in [1.165, 1.54) is 11.9 Å². The monoisotopic (exact) mass is 441 g/mol. The molecule has 2 aromatic rings. The molecule has 1 unspecified atom stereocenters. The smallest absolute Gasteiger partial charge is 0.457 e. The number of likely N-dealkylation sites (N-methyl/N-ethyl adjacent to an activating group) is 1. The summed E-state index contributed by atoms with van der Waals surface area (Å²) < 4.78 is 5.74. The van der Waals surface area contributed by atoms with Crippen molar-refractivity contribution in [2.75, 3.05) is 20.1 Å². The minimum Gasteiger partial charge on any atom is -0.457 e. The number of hydrogen-bond donors (Lipinski definition) is 5. The van der Waals surface area contributed by atoms with Gasteiger partial charge in [0, 0.05) is 19.2 Å². The lowest BCUT2D eigenvalue weighted by molar-refractivity contribution is -0.122. The fraction of sp³-hybridized carbons (Fsp3) is 0.286. The second-order valence-electron chi connectivity index (χ2n) is 7.14. The Hall–Kier alpha value is -3.57. The molecule has 0 saturated carbocycles. The summed E-state index contributed by atoms with van der Waals surface area (Å²) in [6, 6.07) is 15.8. The van der Waals surface area contributed by atoms with E-state index in [1.54, 1.807) is 36.4 Å². The van der Waals surface area contributed by atoms with Gasteiger partial charge in [-0.2, -0.15) is 0 Å². The van der Waals surface area contributed by atoms with E-state index in [1.807, 2.05) is 18.2 Å². The third-order valence-electron chi connectivity index (χ3n) is 4.46. The molecule has 2 amide bonds. The van der Waals surface area contributed by atoms with Crippen LogP contribution in [0.15, 0.2) is 59.6 Å². The van der Waals surface area contributed by atoms with Crippen LogP contribution in [-0.2, 0) is 4.79 Å². The second kappa shape index (κ2) is 12.3. The Balaban J connectivity index is 1.92. The van der Waals surface area contributed by atoms with Gasteiger partial charge in [-0.15, -0.1) is 0 Å². The molecule has 2 aromatic carbocycles. The van der Waals surface area contributed by atoms with Crippen molar-refractivity contribution in [2.24, 2.45) is 16.5 Å². The first-order valence-corrected chi connectivity index (χ1v) is 10.1. The summed E-state index contributed by atoms with van der Waals surface area (Å²) in [5.74, 6) is -0.760. The van der Waals surface area contributed by atoms with Gasteiger partial charge < -0.3 is 36.5 Å². The normalized spacial score (nSPS) is 11.2. The van der Waals surface area contributed by atoms with Crippen LogP contribution in [0.2, 0.25) is 0 Å². The lowest BCUT2D eigenvalue weighted by atomic mass is 9.76. The van der Waals surface area contributed by atoms with Crippen LogP contribution in [0.5, 0.6) is 11.5 Å². The number of hydrogen-bond acceptors (Lipinski definition) is 6. The summed E-state index contributed by atoms with van der Waals surface area (Å²) in [6.45, 7) is 0.0287. The first-order valence-electron chi connectivity index (χ1n) is 10.1. The molecular weight excluding hydrogens is 413 g/mol. The Bertz CT molecular complexity index is 922. The molecule has 2 rings (SSSR count). The van der Waals surface area contributed by atoms with E-state index in [2.05, 4.69) is 10.3 Å². The fourth-order valence-corrected chi connectivity index (χ4v) is 2.89. The lowest BCUT2D eigenvalue weighted by Gasteiger charge is -2.21. The molecule has 1 atom stereocenters. The first-order chi connectivity index (χ1) is 15.3. The number of carbonyl (C=O) groups is 2. The van der Waals surface area contributed by atoms with Crippen LogP contribution >= 0.6 is 0 Å². The van der Waals surface area contributed by atoms with E-state index in [-0.39, 0.29) is 24.8 Å². The molecule has 0 spiro atoms. The van der Waals surface area contributed by atoms with Crippen LogP contribution in [0.25, 0.3) is 0 Å². The van der Waals surface area contributed by atoms with Crippen LogP contribution in [0.4, 0.5) is 0 Å². The number of benzene rings is 2. The Morgan fingerprint density at radius 2 is 1.81 bits per heavy atom. The molecule has 0 radical (unpaired) electrons. The Morgan fingerprint density at radius 1 is 1.12 bits per heavy atom. The number of nitrogens with one attached hydrogen (secondary N) is 1. The highest BCUT2D eigenvalue weighted by molar-refractivity contribution is 6.43. The van der Waals surface area contributed by atoms with E-state index in [9.17, 15) is 19.6 Å². The first kappa shape index (κ1) is 24.7. The number of guanidine groups is 1. The molecule has 0 aliphatic rings. The average molecular weight is 441 g/mol. The number of nitrogens with two attached hydrogens (primary N) is 2. The highest BCUT2D eigenvalue weighted by Gasteiger charge is 2.26. The Labute approximate surface area is 187 Å². The van der Waals surface area contributed by atoms with Crippen LogP contribution < -0.4 is 21.5 Å². The number of carbonyl (C=O) groups excluding carboxylic acids is 2. The van der Waals surface area contributed by atoms with Crippen molar-refractivity contribution in [3.8, 4) is 11.5 Å². The summed E-state index contributed by atoms with van der Waals surface area (Å²) in [7, 11) is -0.276. The zero-order chi connectivity index (χ0) is 23.5. The van der Waals surface area contributed by atoms with Crippen molar-refractivity contribution in [2.45, 2.75) is 18.8 Å². The minimum atomic E-state index is -1.76. The largest absolute Gasteiger partial charge is 0.475 e. The lowest BCUT2D eigenvalue weighted by Crippen LogP contribution is -2.49. The number of rotatable bonds is 11. The molecule has 11 heteroatoms. The zero-order valence-corrected chi connectivity index (χ0v) is 17.8. The molecule has 0 aliphatic heterocycles. The molecule has 32 heavy (non-hydrogen) atoms. The van der Waals surface area contributed by atoms with Crippen LogP contribution in [-0.4, -0.2) is 65.9 Å². The van der Waals surface area contributed by atoms with Gasteiger partial charge >= 0.3 is 7.12 Å². The van der Waals surface area contributed by atoms with Gasteiger partial charge in [-0.25, -0.2) is 0 Å². The number of amides is 2. The molecule has 0 aromatic heterocycles. The second-order valence-corrected chi connectivity index (χ2v) is 7.14. The predicted octanol–water partition coefficient (Wildman–Crippen LogP) is 0.101. The third kappa shape index (κ3) is 8.28. The van der Waals surface area contributed by atoms with Crippen molar-refractivity contribution in [3.63, 3.8) is 0 Å². The molecule has 0 fully saturated rings. The molecule has 0 saturated heterocycles. The molecular formula is C21H28BN5O5. The quantitative estimate of drug-likeness (QED) is 0.143. The zero-order valence-electron chi connectivity index (χ0n) is 17.8. The topological polar surface area (TPSA) is 163 Å². The van der Waals surface area contributed by atoms with Crippen LogP contribution in [0, 0.1) is 0 Å². The highest BCUT2D eigenvalue weighted by atomic mass is 16.5. The van der Waals surface area contributed by atoms with E-state index < -0.39 is 19.0 Å². The number of nitrogens with zero attached hydrogens (tertiary/aromatic N) is 2. The Kier molecular flexibility index (Phi) is 9.52. The van der Waals surface area contributed by atoms with Crippen LogP contribution in [0.1, 0.15) is 23.2 Å². The van der Waals surface area contributed by atoms with E-state index in [0.29, 0.717) is 30.0 Å². The molecule has 170 valence electrons.